The van der Waals surface area contributed by atoms with E-state index in [1.165, 1.54) is 170 Å². The number of hydrogen-bond donors (Lipinski definition) is 0. The minimum atomic E-state index is 1.05. The van der Waals surface area contributed by atoms with Crippen molar-refractivity contribution in [2.24, 2.45) is 0 Å². The molecule has 0 spiro atoms. The Hall–Kier alpha value is -6.16. The zero-order valence-electron chi connectivity index (χ0n) is 47.3. The number of anilines is 6. The van der Waals surface area contributed by atoms with Crippen LogP contribution in [0.1, 0.15) is 153 Å². The fourth-order valence-electron chi connectivity index (χ4n) is 11.1. The van der Waals surface area contributed by atoms with E-state index in [-0.39, 0.29) is 0 Å². The highest BCUT2D eigenvalue weighted by atomic mass is 32.1. The summed E-state index contributed by atoms with van der Waals surface area (Å²) in [5, 5.41) is 2.22. The highest BCUT2D eigenvalue weighted by Gasteiger charge is 2.23. The molecule has 0 fully saturated rings. The number of aromatic nitrogens is 2. The van der Waals surface area contributed by atoms with E-state index in [2.05, 4.69) is 206 Å². The fourth-order valence-corrected chi connectivity index (χ4v) is 15.8. The average molecular weight is 1130 g/mol. The third-order valence-electron chi connectivity index (χ3n) is 15.5. The summed E-state index contributed by atoms with van der Waals surface area (Å²) >= 11 is 7.38. The van der Waals surface area contributed by atoms with E-state index in [1.807, 2.05) is 22.7 Å². The molecule has 0 radical (unpaired) electrons. The van der Waals surface area contributed by atoms with Crippen LogP contribution in [0.4, 0.5) is 34.1 Å². The van der Waals surface area contributed by atoms with Crippen molar-refractivity contribution < 1.29 is 0 Å². The molecule has 0 aliphatic heterocycles. The second-order valence-corrected chi connectivity index (χ2v) is 25.6. The van der Waals surface area contributed by atoms with Gasteiger partial charge in [0.15, 0.2) is 9.66 Å². The molecule has 0 N–H and O–H groups in total. The number of para-hydroxylation sites is 4. The summed E-state index contributed by atoms with van der Waals surface area (Å²) in [5.74, 6) is 0. The summed E-state index contributed by atoms with van der Waals surface area (Å²) in [5.41, 5.74) is 12.2. The second kappa shape index (κ2) is 30.1. The van der Waals surface area contributed by atoms with Gasteiger partial charge in [-0.1, -0.05) is 249 Å². The van der Waals surface area contributed by atoms with E-state index in [0.717, 1.165) is 66.6 Å². The minimum absolute atomic E-state index is 1.05. The van der Waals surface area contributed by atoms with Crippen molar-refractivity contribution >= 4 is 89.1 Å². The molecule has 0 amide bonds. The largest absolute Gasteiger partial charge is 0.311 e. The molecule has 10 rings (SSSR count). The third-order valence-corrected chi connectivity index (χ3v) is 20.2. The van der Waals surface area contributed by atoms with E-state index in [0.29, 0.717) is 0 Å². The van der Waals surface area contributed by atoms with Crippen molar-refractivity contribution in [3.63, 3.8) is 0 Å². The Labute approximate surface area is 494 Å². The molecule has 4 aromatic heterocycles. The first-order chi connectivity index (χ1) is 39.6. The summed E-state index contributed by atoms with van der Waals surface area (Å²) in [6, 6.07) is 66.1. The normalized spacial score (nSPS) is 11.5. The van der Waals surface area contributed by atoms with Gasteiger partial charge in [0.1, 0.15) is 10.0 Å². The van der Waals surface area contributed by atoms with Crippen molar-refractivity contribution in [2.45, 2.75) is 155 Å². The number of aryl methyl sites for hydroxylation is 2. The van der Waals surface area contributed by atoms with Crippen LogP contribution in [0.3, 0.4) is 0 Å². The molecule has 0 unspecified atom stereocenters. The molecule has 8 heteroatoms. The quantitative estimate of drug-likeness (QED) is 0.0393. The molecular weight excluding hydrogens is 1050 g/mol. The number of fused-ring (bicyclic) bond motifs is 1. The number of benzene rings is 6. The molecule has 6 aromatic carbocycles. The Kier molecular flexibility index (Phi) is 21.4. The van der Waals surface area contributed by atoms with Crippen LogP contribution in [0.2, 0.25) is 0 Å². The first-order valence-electron chi connectivity index (χ1n) is 30.2. The topological polar surface area (TPSA) is 32.3 Å². The highest BCUT2D eigenvalue weighted by Crippen LogP contribution is 2.47. The van der Waals surface area contributed by atoms with Gasteiger partial charge < -0.3 is 9.80 Å². The summed E-state index contributed by atoms with van der Waals surface area (Å²) in [4.78, 5) is 23.0. The Morgan fingerprint density at radius 2 is 0.575 bits per heavy atom. The molecule has 4 heterocycles. The van der Waals surface area contributed by atoms with Crippen LogP contribution in [0.15, 0.2) is 182 Å². The maximum atomic E-state index is 5.48. The Morgan fingerprint density at radius 1 is 0.300 bits per heavy atom. The fraction of sp³-hybridized carbons (Fsp3) is 0.333. The average Bonchev–Trinajstić information content (AvgIpc) is 4.46. The van der Waals surface area contributed by atoms with Gasteiger partial charge in [-0.3, -0.25) is 0 Å². The number of unbranched alkanes of at least 4 members (excludes halogenated alkanes) is 18. The molecule has 0 bridgehead atoms. The second-order valence-electron chi connectivity index (χ2n) is 21.5. The van der Waals surface area contributed by atoms with E-state index in [9.17, 15) is 0 Å². The van der Waals surface area contributed by atoms with Gasteiger partial charge in [-0.05, 0) is 133 Å². The molecule has 412 valence electrons. The number of hydrogen-bond acceptors (Lipinski definition) is 8. The summed E-state index contributed by atoms with van der Waals surface area (Å²) in [6.07, 6.45) is 28.9. The standard InChI is InChI=1S/C72H80N4S4/c1-3-5-7-9-11-13-15-17-19-25-35-57-53-65(55-45-49-63(50-46-55)75(59-37-27-21-28-38-59)60-39-29-22-30-40-60)77-67(57)69-73-71-72(79-69)74-70(80-71)68-58(36-26-20-18-16-14-12-10-8-6-4-2)54-66(78-68)56-47-51-64(52-48-56)76(61-41-31-23-32-42-61)62-43-33-24-34-44-62/h21-24,27-34,37-54H,3-20,25-26,35-36H2,1-2H3. The first-order valence-corrected chi connectivity index (χ1v) is 33.4. The van der Waals surface area contributed by atoms with Crippen molar-refractivity contribution in [1.29, 1.82) is 0 Å². The zero-order valence-corrected chi connectivity index (χ0v) is 50.6. The zero-order chi connectivity index (χ0) is 54.6. The van der Waals surface area contributed by atoms with Crippen molar-refractivity contribution in [3.8, 4) is 40.7 Å². The lowest BCUT2D eigenvalue weighted by molar-refractivity contribution is 0.556. The molecule has 0 aliphatic carbocycles. The van der Waals surface area contributed by atoms with Gasteiger partial charge >= 0.3 is 0 Å². The molecule has 4 nitrogen and oxygen atoms in total. The lowest BCUT2D eigenvalue weighted by atomic mass is 10.0. The van der Waals surface area contributed by atoms with Crippen LogP contribution in [-0.4, -0.2) is 9.97 Å². The molecule has 80 heavy (non-hydrogen) atoms. The molecule has 0 atom stereocenters. The summed E-state index contributed by atoms with van der Waals surface area (Å²) < 4.78 is 0. The van der Waals surface area contributed by atoms with Gasteiger partial charge in [0.2, 0.25) is 0 Å². The predicted molar refractivity (Wildman–Crippen MR) is 353 cm³/mol. The van der Waals surface area contributed by atoms with E-state index in [1.54, 1.807) is 22.7 Å². The van der Waals surface area contributed by atoms with Crippen LogP contribution in [0, 0.1) is 0 Å². The van der Waals surface area contributed by atoms with Gasteiger partial charge in [-0.15, -0.1) is 22.7 Å². The Bertz CT molecular complexity index is 3030. The molecule has 10 aromatic rings. The molecule has 0 aliphatic rings. The predicted octanol–water partition coefficient (Wildman–Crippen LogP) is 24.4. The van der Waals surface area contributed by atoms with Crippen LogP contribution < -0.4 is 9.80 Å². The number of nitrogens with zero attached hydrogens (tertiary/aromatic N) is 4. The molecular formula is C72H80N4S4. The van der Waals surface area contributed by atoms with Crippen LogP contribution in [0.25, 0.3) is 50.3 Å². The minimum Gasteiger partial charge on any atom is -0.311 e. The van der Waals surface area contributed by atoms with Gasteiger partial charge in [0.05, 0.1) is 9.75 Å². The summed E-state index contributed by atoms with van der Waals surface area (Å²) in [6.45, 7) is 4.61. The Morgan fingerprint density at radius 3 is 0.875 bits per heavy atom. The van der Waals surface area contributed by atoms with Crippen LogP contribution in [0.5, 0.6) is 0 Å². The van der Waals surface area contributed by atoms with Crippen molar-refractivity contribution in [2.75, 3.05) is 9.80 Å². The van der Waals surface area contributed by atoms with Gasteiger partial charge in [-0.25, -0.2) is 9.97 Å². The smallest absolute Gasteiger partial charge is 0.155 e. The summed E-state index contributed by atoms with van der Waals surface area (Å²) in [7, 11) is 0. The SMILES string of the molecule is CCCCCCCCCCCCc1cc(-c2ccc(N(c3ccccc3)c3ccccc3)cc2)sc1-c1nc2sc(-c3sc(-c4ccc(N(c5ccccc5)c5ccccc5)cc4)cc3CCCCCCCCCCCC)nc2s1. The van der Waals surface area contributed by atoms with E-state index >= 15 is 0 Å². The Balaban J connectivity index is 0.908. The monoisotopic (exact) mass is 1130 g/mol. The number of rotatable bonds is 32. The maximum Gasteiger partial charge on any atom is 0.155 e. The highest BCUT2D eigenvalue weighted by molar-refractivity contribution is 7.32. The van der Waals surface area contributed by atoms with Gasteiger partial charge in [0, 0.05) is 43.9 Å². The van der Waals surface area contributed by atoms with Crippen molar-refractivity contribution in [3.05, 3.63) is 193 Å². The molecule has 0 saturated carbocycles. The van der Waals surface area contributed by atoms with Crippen LogP contribution >= 0.6 is 45.3 Å². The van der Waals surface area contributed by atoms with Crippen LogP contribution in [-0.2, 0) is 12.8 Å². The first kappa shape index (κ1) is 57.1. The number of thiazole rings is 2. The molecule has 0 saturated heterocycles. The maximum absolute atomic E-state index is 5.48. The van der Waals surface area contributed by atoms with Gasteiger partial charge in [-0.2, -0.15) is 0 Å². The van der Waals surface area contributed by atoms with E-state index in [4.69, 9.17) is 9.97 Å². The van der Waals surface area contributed by atoms with Gasteiger partial charge in [0.25, 0.3) is 0 Å². The van der Waals surface area contributed by atoms with E-state index < -0.39 is 0 Å². The van der Waals surface area contributed by atoms with Crippen molar-refractivity contribution in [1.82, 2.24) is 9.97 Å². The third kappa shape index (κ3) is 15.2. The lowest BCUT2D eigenvalue weighted by Crippen LogP contribution is -2.09. The lowest BCUT2D eigenvalue weighted by Gasteiger charge is -2.25. The number of thiophene rings is 2.